The Morgan fingerprint density at radius 2 is 1.76 bits per heavy atom. The average Bonchev–Trinajstić information content (AvgIpc) is 3.33. The van der Waals surface area contributed by atoms with E-state index in [9.17, 15) is 9.59 Å². The average molecular weight is 495 g/mol. The normalized spacial score (nSPS) is 15.8. The van der Waals surface area contributed by atoms with Crippen molar-refractivity contribution < 1.29 is 9.59 Å². The van der Waals surface area contributed by atoms with E-state index in [0.29, 0.717) is 13.1 Å². The summed E-state index contributed by atoms with van der Waals surface area (Å²) in [4.78, 5) is 33.0. The minimum atomic E-state index is -0.242. The van der Waals surface area contributed by atoms with Crippen molar-refractivity contribution in [3.8, 4) is 0 Å². The summed E-state index contributed by atoms with van der Waals surface area (Å²) in [7, 11) is 4.06. The van der Waals surface area contributed by atoms with Crippen molar-refractivity contribution in [2.45, 2.75) is 31.7 Å². The molecule has 0 spiro atoms. The van der Waals surface area contributed by atoms with Crippen LogP contribution in [0.2, 0.25) is 0 Å². The fourth-order valence-electron chi connectivity index (χ4n) is 5.51. The van der Waals surface area contributed by atoms with Gasteiger partial charge in [-0.2, -0.15) is 0 Å². The van der Waals surface area contributed by atoms with Crippen molar-refractivity contribution in [1.29, 1.82) is 0 Å². The second-order valence-corrected chi connectivity index (χ2v) is 10.0. The molecule has 37 heavy (non-hydrogen) atoms. The van der Waals surface area contributed by atoms with Crippen LogP contribution in [0.4, 0.5) is 5.69 Å². The van der Waals surface area contributed by atoms with Crippen LogP contribution in [-0.2, 0) is 16.0 Å². The number of hydrogen-bond acceptors (Lipinski definition) is 3. The maximum atomic E-state index is 13.3. The highest BCUT2D eigenvalue weighted by molar-refractivity contribution is 5.84. The summed E-state index contributed by atoms with van der Waals surface area (Å²) in [5.41, 5.74) is 6.80. The smallest absolute Gasteiger partial charge is 0.222 e. The first-order valence-electron chi connectivity index (χ1n) is 12.9. The van der Waals surface area contributed by atoms with Crippen molar-refractivity contribution in [2.24, 2.45) is 0 Å². The molecule has 1 aliphatic heterocycles. The van der Waals surface area contributed by atoms with E-state index in [1.54, 1.807) is 6.92 Å². The summed E-state index contributed by atoms with van der Waals surface area (Å²) < 4.78 is 0. The Morgan fingerprint density at radius 1 is 1.03 bits per heavy atom. The SMILES string of the molecule is CC(=O)N1CCc2ccccc2C1CC(=O)NCC(c1ccc(N(C)C)cc1)c1c[nH]c2ccccc12. The van der Waals surface area contributed by atoms with Crippen LogP contribution in [0.5, 0.6) is 0 Å². The highest BCUT2D eigenvalue weighted by atomic mass is 16.2. The molecule has 4 aromatic rings. The largest absolute Gasteiger partial charge is 0.378 e. The van der Waals surface area contributed by atoms with Gasteiger partial charge in [-0.15, -0.1) is 0 Å². The molecule has 2 atom stereocenters. The van der Waals surface area contributed by atoms with E-state index >= 15 is 0 Å². The van der Waals surface area contributed by atoms with Crippen molar-refractivity contribution in [3.05, 3.63) is 101 Å². The summed E-state index contributed by atoms with van der Waals surface area (Å²) in [6.07, 6.45) is 3.12. The predicted molar refractivity (Wildman–Crippen MR) is 149 cm³/mol. The topological polar surface area (TPSA) is 68.4 Å². The number of carbonyl (C=O) groups is 2. The minimum Gasteiger partial charge on any atom is -0.378 e. The van der Waals surface area contributed by atoms with Crippen LogP contribution in [0, 0.1) is 0 Å². The van der Waals surface area contributed by atoms with Gasteiger partial charge in [0.15, 0.2) is 0 Å². The molecule has 0 saturated heterocycles. The second-order valence-electron chi connectivity index (χ2n) is 10.0. The van der Waals surface area contributed by atoms with Crippen molar-refractivity contribution in [3.63, 3.8) is 0 Å². The minimum absolute atomic E-state index is 0.00459. The molecule has 1 aromatic heterocycles. The van der Waals surface area contributed by atoms with Gasteiger partial charge < -0.3 is 20.1 Å². The van der Waals surface area contributed by atoms with Crippen molar-refractivity contribution >= 4 is 28.4 Å². The predicted octanol–water partition coefficient (Wildman–Crippen LogP) is 5.02. The molecule has 0 bridgehead atoms. The van der Waals surface area contributed by atoms with Crippen LogP contribution in [0.3, 0.4) is 0 Å². The van der Waals surface area contributed by atoms with E-state index in [2.05, 4.69) is 63.9 Å². The number of anilines is 1. The fraction of sp³-hybridized carbons (Fsp3) is 0.290. The lowest BCUT2D eigenvalue weighted by atomic mass is 9.89. The summed E-state index contributed by atoms with van der Waals surface area (Å²) in [6, 6.07) is 24.7. The highest BCUT2D eigenvalue weighted by Gasteiger charge is 2.31. The Morgan fingerprint density at radius 3 is 2.51 bits per heavy atom. The van der Waals surface area contributed by atoms with Gasteiger partial charge in [-0.25, -0.2) is 0 Å². The van der Waals surface area contributed by atoms with Gasteiger partial charge in [0.05, 0.1) is 12.5 Å². The van der Waals surface area contributed by atoms with Crippen LogP contribution in [0.25, 0.3) is 10.9 Å². The first-order chi connectivity index (χ1) is 17.9. The Labute approximate surface area is 218 Å². The lowest BCUT2D eigenvalue weighted by Crippen LogP contribution is -2.41. The number of H-pyrrole nitrogens is 1. The van der Waals surface area contributed by atoms with Crippen LogP contribution < -0.4 is 10.2 Å². The molecule has 0 fully saturated rings. The number of hydrogen-bond donors (Lipinski definition) is 2. The van der Waals surface area contributed by atoms with Crippen LogP contribution in [0.1, 0.15) is 47.6 Å². The van der Waals surface area contributed by atoms with Crippen LogP contribution in [-0.4, -0.2) is 48.9 Å². The molecule has 5 rings (SSSR count). The summed E-state index contributed by atoms with van der Waals surface area (Å²) in [6.45, 7) is 2.69. The number of para-hydroxylation sites is 1. The number of fused-ring (bicyclic) bond motifs is 2. The van der Waals surface area contributed by atoms with Crippen LogP contribution in [0.15, 0.2) is 79.0 Å². The summed E-state index contributed by atoms with van der Waals surface area (Å²) >= 11 is 0. The van der Waals surface area contributed by atoms with Gasteiger partial charge >= 0.3 is 0 Å². The number of carbonyl (C=O) groups excluding carboxylic acids is 2. The quantitative estimate of drug-likeness (QED) is 0.379. The molecule has 0 radical (unpaired) electrons. The van der Waals surface area contributed by atoms with E-state index in [1.165, 1.54) is 5.56 Å². The van der Waals surface area contributed by atoms with Gasteiger partial charge in [-0.1, -0.05) is 54.6 Å². The zero-order chi connectivity index (χ0) is 25.9. The van der Waals surface area contributed by atoms with E-state index < -0.39 is 0 Å². The maximum Gasteiger partial charge on any atom is 0.222 e. The monoisotopic (exact) mass is 494 g/mol. The van der Waals surface area contributed by atoms with Gasteiger partial charge in [-0.3, -0.25) is 9.59 Å². The summed E-state index contributed by atoms with van der Waals surface area (Å²) in [5, 5.41) is 4.36. The Balaban J connectivity index is 1.39. The molecule has 6 nitrogen and oxygen atoms in total. The molecule has 2 heterocycles. The lowest BCUT2D eigenvalue weighted by molar-refractivity contribution is -0.133. The standard InChI is InChI=1S/C31H34N4O2/c1-21(36)35-17-16-22-8-4-5-9-25(22)30(35)18-31(37)33-19-27(23-12-14-24(15-13-23)34(2)3)28-20-32-29-11-7-6-10-26(28)29/h4-15,20,27,30,32H,16-19H2,1-3H3,(H,33,37). The number of aromatic amines is 1. The lowest BCUT2D eigenvalue weighted by Gasteiger charge is -2.36. The zero-order valence-corrected chi connectivity index (χ0v) is 21.7. The Bertz CT molecular complexity index is 1410. The number of amides is 2. The van der Waals surface area contributed by atoms with Gasteiger partial charge in [0.25, 0.3) is 0 Å². The first kappa shape index (κ1) is 24.6. The van der Waals surface area contributed by atoms with Gasteiger partial charge in [0.1, 0.15) is 0 Å². The van der Waals surface area contributed by atoms with Crippen molar-refractivity contribution in [2.75, 3.05) is 32.1 Å². The maximum absolute atomic E-state index is 13.3. The van der Waals surface area contributed by atoms with Crippen molar-refractivity contribution in [1.82, 2.24) is 15.2 Å². The number of nitrogens with zero attached hydrogens (tertiary/aromatic N) is 2. The highest BCUT2D eigenvalue weighted by Crippen LogP contribution is 2.34. The second kappa shape index (κ2) is 10.5. The molecule has 0 saturated carbocycles. The molecule has 1 aliphatic rings. The molecule has 6 heteroatoms. The molecule has 2 amide bonds. The number of nitrogens with one attached hydrogen (secondary N) is 2. The van der Waals surface area contributed by atoms with E-state index in [4.69, 9.17) is 0 Å². The Hall–Kier alpha value is -4.06. The van der Waals surface area contributed by atoms with Gasteiger partial charge in [0, 0.05) is 62.8 Å². The first-order valence-corrected chi connectivity index (χ1v) is 12.9. The molecule has 2 N–H and O–H groups in total. The third kappa shape index (κ3) is 5.10. The van der Waals surface area contributed by atoms with Gasteiger partial charge in [-0.05, 0) is 46.9 Å². The Kier molecular flexibility index (Phi) is 6.99. The number of aromatic nitrogens is 1. The molecule has 0 aliphatic carbocycles. The molecule has 3 aromatic carbocycles. The van der Waals surface area contributed by atoms with E-state index in [0.717, 1.165) is 39.7 Å². The third-order valence-electron chi connectivity index (χ3n) is 7.51. The van der Waals surface area contributed by atoms with Crippen LogP contribution >= 0.6 is 0 Å². The molecule has 190 valence electrons. The number of rotatable bonds is 7. The van der Waals surface area contributed by atoms with E-state index in [-0.39, 0.29) is 30.2 Å². The fourth-order valence-corrected chi connectivity index (χ4v) is 5.51. The third-order valence-corrected chi connectivity index (χ3v) is 7.51. The molecule has 2 unspecified atom stereocenters. The zero-order valence-electron chi connectivity index (χ0n) is 21.7. The number of benzene rings is 3. The van der Waals surface area contributed by atoms with E-state index in [1.807, 2.05) is 49.3 Å². The molecular weight excluding hydrogens is 460 g/mol. The van der Waals surface area contributed by atoms with Gasteiger partial charge in [0.2, 0.25) is 11.8 Å². The summed E-state index contributed by atoms with van der Waals surface area (Å²) in [5.74, 6) is -0.0634. The molecular formula is C31H34N4O2.